The maximum Gasteiger partial charge on any atom is 0.326 e. The van der Waals surface area contributed by atoms with Crippen LogP contribution in [0.5, 0.6) is 0 Å². The third-order valence-electron chi connectivity index (χ3n) is 3.15. The van der Waals surface area contributed by atoms with Gasteiger partial charge in [0.2, 0.25) is 0 Å². The van der Waals surface area contributed by atoms with Crippen molar-refractivity contribution in [2.45, 2.75) is 51.2 Å². The first-order valence-electron chi connectivity index (χ1n) is 5.97. The number of rotatable bonds is 4. The van der Waals surface area contributed by atoms with Crippen molar-refractivity contribution in [3.05, 3.63) is 0 Å². The van der Waals surface area contributed by atoms with Crippen LogP contribution in [0.25, 0.3) is 0 Å². The molecule has 1 rings (SSSR count). The molecule has 3 atom stereocenters. The predicted octanol–water partition coefficient (Wildman–Crippen LogP) is 1.47. The summed E-state index contributed by atoms with van der Waals surface area (Å²) < 4.78 is 10.2. The molecule has 1 aliphatic rings. The number of ether oxygens (including phenoxy) is 2. The maximum absolute atomic E-state index is 11.9. The normalized spacial score (nSPS) is 32.1. The van der Waals surface area contributed by atoms with E-state index in [4.69, 9.17) is 15.2 Å². The van der Waals surface area contributed by atoms with Crippen molar-refractivity contribution in [1.29, 1.82) is 0 Å². The van der Waals surface area contributed by atoms with Gasteiger partial charge in [0.15, 0.2) is 0 Å². The van der Waals surface area contributed by atoms with Crippen LogP contribution in [0.15, 0.2) is 0 Å². The summed E-state index contributed by atoms with van der Waals surface area (Å²) in [4.78, 5) is 11.9. The largest absolute Gasteiger partial charge is 0.459 e. The van der Waals surface area contributed by atoms with Gasteiger partial charge in [-0.15, -0.1) is 0 Å². The summed E-state index contributed by atoms with van der Waals surface area (Å²) in [6.07, 6.45) is 3.39. The highest BCUT2D eigenvalue weighted by atomic mass is 16.6. The van der Waals surface area contributed by atoms with E-state index in [1.165, 1.54) is 0 Å². The molecule has 0 spiro atoms. The Morgan fingerprint density at radius 1 is 1.62 bits per heavy atom. The molecule has 0 heterocycles. The van der Waals surface area contributed by atoms with E-state index in [9.17, 15) is 4.79 Å². The van der Waals surface area contributed by atoms with Crippen LogP contribution in [0, 0.1) is 5.92 Å². The maximum atomic E-state index is 11.9. The Balaban J connectivity index is 2.51. The molecule has 0 bridgehead atoms. The van der Waals surface area contributed by atoms with Gasteiger partial charge < -0.3 is 15.2 Å². The molecule has 4 nitrogen and oxygen atoms in total. The van der Waals surface area contributed by atoms with Crippen LogP contribution in [0.2, 0.25) is 0 Å². The zero-order valence-electron chi connectivity index (χ0n) is 10.5. The van der Waals surface area contributed by atoms with E-state index in [1.807, 2.05) is 6.92 Å². The van der Waals surface area contributed by atoms with Gasteiger partial charge in [-0.2, -0.15) is 0 Å². The van der Waals surface area contributed by atoms with Crippen molar-refractivity contribution in [3.63, 3.8) is 0 Å². The molecule has 0 amide bonds. The minimum atomic E-state index is -0.778. The van der Waals surface area contributed by atoms with Gasteiger partial charge in [0, 0.05) is 7.11 Å². The number of esters is 1. The Morgan fingerprint density at radius 3 is 2.88 bits per heavy atom. The Morgan fingerprint density at radius 2 is 2.31 bits per heavy atom. The van der Waals surface area contributed by atoms with E-state index < -0.39 is 5.54 Å². The molecule has 0 aromatic heterocycles. The highest BCUT2D eigenvalue weighted by Gasteiger charge is 2.39. The fraction of sp³-hybridized carbons (Fsp3) is 0.917. The van der Waals surface area contributed by atoms with E-state index in [2.05, 4.69) is 6.92 Å². The molecular formula is C12H23NO3. The second kappa shape index (κ2) is 5.64. The third kappa shape index (κ3) is 3.46. The second-order valence-electron chi connectivity index (χ2n) is 5.03. The average Bonchev–Trinajstić information content (AvgIpc) is 2.17. The van der Waals surface area contributed by atoms with Gasteiger partial charge in [-0.3, -0.25) is 4.79 Å². The summed E-state index contributed by atoms with van der Waals surface area (Å²) in [6, 6.07) is 0. The van der Waals surface area contributed by atoms with Crippen molar-refractivity contribution >= 4 is 5.97 Å². The van der Waals surface area contributed by atoms with Crippen LogP contribution in [-0.4, -0.2) is 31.3 Å². The van der Waals surface area contributed by atoms with Gasteiger partial charge in [-0.1, -0.05) is 19.8 Å². The lowest BCUT2D eigenvalue weighted by Gasteiger charge is -2.35. The molecule has 3 unspecified atom stereocenters. The summed E-state index contributed by atoms with van der Waals surface area (Å²) in [7, 11) is 1.59. The van der Waals surface area contributed by atoms with Crippen molar-refractivity contribution in [3.8, 4) is 0 Å². The van der Waals surface area contributed by atoms with Gasteiger partial charge in [0.1, 0.15) is 11.6 Å². The van der Waals surface area contributed by atoms with Gasteiger partial charge in [-0.05, 0) is 25.7 Å². The zero-order chi connectivity index (χ0) is 12.2. The molecule has 0 aliphatic heterocycles. The average molecular weight is 229 g/mol. The molecule has 0 aromatic rings. The second-order valence-corrected chi connectivity index (χ2v) is 5.03. The first-order valence-corrected chi connectivity index (χ1v) is 5.97. The summed E-state index contributed by atoms with van der Waals surface area (Å²) >= 11 is 0. The third-order valence-corrected chi connectivity index (χ3v) is 3.15. The molecule has 4 heteroatoms. The number of methoxy groups -OCH3 is 1. The number of hydrogen-bond donors (Lipinski definition) is 1. The van der Waals surface area contributed by atoms with Crippen molar-refractivity contribution in [2.24, 2.45) is 11.7 Å². The lowest BCUT2D eigenvalue weighted by molar-refractivity contribution is -0.159. The van der Waals surface area contributed by atoms with Crippen molar-refractivity contribution in [2.75, 3.05) is 13.7 Å². The minimum absolute atomic E-state index is 0.227. The van der Waals surface area contributed by atoms with E-state index in [0.717, 1.165) is 25.7 Å². The lowest BCUT2D eigenvalue weighted by atomic mass is 9.77. The van der Waals surface area contributed by atoms with Crippen LogP contribution < -0.4 is 5.73 Å². The van der Waals surface area contributed by atoms with E-state index in [-0.39, 0.29) is 12.1 Å². The number of carbonyl (C=O) groups excluding carboxylic acids is 1. The Kier molecular flexibility index (Phi) is 4.74. The molecule has 1 aliphatic carbocycles. The first-order chi connectivity index (χ1) is 7.48. The Bertz CT molecular complexity index is 244. The van der Waals surface area contributed by atoms with E-state index in [1.54, 1.807) is 7.11 Å². The summed E-state index contributed by atoms with van der Waals surface area (Å²) in [6.45, 7) is 4.36. The topological polar surface area (TPSA) is 61.5 Å². The minimum Gasteiger partial charge on any atom is -0.459 e. The molecule has 2 N–H and O–H groups in total. The number of hydrogen-bond acceptors (Lipinski definition) is 4. The van der Waals surface area contributed by atoms with Crippen LogP contribution in [0.1, 0.15) is 39.5 Å². The Labute approximate surface area is 97.5 Å². The molecule has 94 valence electrons. The molecule has 16 heavy (non-hydrogen) atoms. The van der Waals surface area contributed by atoms with Gasteiger partial charge in [0.25, 0.3) is 0 Å². The summed E-state index contributed by atoms with van der Waals surface area (Å²) in [5.74, 6) is 0.229. The summed E-state index contributed by atoms with van der Waals surface area (Å²) in [5, 5.41) is 0. The molecule has 0 aromatic carbocycles. The van der Waals surface area contributed by atoms with Crippen LogP contribution in [-0.2, 0) is 14.3 Å². The highest BCUT2D eigenvalue weighted by molar-refractivity contribution is 5.80. The number of nitrogens with two attached hydrogens (primary N) is 1. The fourth-order valence-electron chi connectivity index (χ4n) is 2.35. The fourth-order valence-corrected chi connectivity index (χ4v) is 2.35. The zero-order valence-corrected chi connectivity index (χ0v) is 10.5. The molecule has 1 saturated carbocycles. The van der Waals surface area contributed by atoms with Crippen molar-refractivity contribution in [1.82, 2.24) is 0 Å². The lowest BCUT2D eigenvalue weighted by Crippen LogP contribution is -2.52. The molecule has 0 radical (unpaired) electrons. The first kappa shape index (κ1) is 13.5. The smallest absolute Gasteiger partial charge is 0.326 e. The molecule has 0 saturated heterocycles. The van der Waals surface area contributed by atoms with Gasteiger partial charge in [0.05, 0.1) is 6.61 Å². The molecular weight excluding hydrogens is 206 g/mol. The number of carbonyl (C=O) groups is 1. The van der Waals surface area contributed by atoms with Crippen LogP contribution in [0.4, 0.5) is 0 Å². The van der Waals surface area contributed by atoms with Gasteiger partial charge in [-0.25, -0.2) is 0 Å². The predicted molar refractivity (Wildman–Crippen MR) is 62.0 cm³/mol. The SMILES string of the molecule is COCC(C)OC(=O)C1(N)CCCC(C)C1. The van der Waals surface area contributed by atoms with Crippen molar-refractivity contribution < 1.29 is 14.3 Å². The van der Waals surface area contributed by atoms with E-state index in [0.29, 0.717) is 12.5 Å². The van der Waals surface area contributed by atoms with Crippen LogP contribution in [0.3, 0.4) is 0 Å². The quantitative estimate of drug-likeness (QED) is 0.742. The highest BCUT2D eigenvalue weighted by Crippen LogP contribution is 2.31. The Hall–Kier alpha value is -0.610. The molecule has 1 fully saturated rings. The van der Waals surface area contributed by atoms with Crippen LogP contribution >= 0.6 is 0 Å². The standard InChI is InChI=1S/C12H23NO3/c1-9-5-4-6-12(13,7-9)11(14)16-10(2)8-15-3/h9-10H,4-8,13H2,1-3H3. The summed E-state index contributed by atoms with van der Waals surface area (Å²) in [5.41, 5.74) is 5.34. The monoisotopic (exact) mass is 229 g/mol. The van der Waals surface area contributed by atoms with Gasteiger partial charge >= 0.3 is 5.97 Å². The van der Waals surface area contributed by atoms with E-state index >= 15 is 0 Å².